The summed E-state index contributed by atoms with van der Waals surface area (Å²) in [5, 5.41) is 0.542. The molecule has 0 aliphatic heterocycles. The van der Waals surface area contributed by atoms with Crippen LogP contribution in [0.4, 0.5) is 5.69 Å². The van der Waals surface area contributed by atoms with Crippen molar-refractivity contribution >= 4 is 28.5 Å². The van der Waals surface area contributed by atoms with Gasteiger partial charge in [-0.15, -0.1) is 0 Å². The van der Waals surface area contributed by atoms with Gasteiger partial charge in [-0.2, -0.15) is 0 Å². The third-order valence-electron chi connectivity index (χ3n) is 2.88. The van der Waals surface area contributed by atoms with E-state index in [-0.39, 0.29) is 23.6 Å². The van der Waals surface area contributed by atoms with E-state index in [2.05, 4.69) is 14.5 Å². The number of anilines is 1. The molecule has 0 saturated carbocycles. The Morgan fingerprint density at radius 2 is 2.05 bits per heavy atom. The van der Waals surface area contributed by atoms with Crippen molar-refractivity contribution in [1.29, 1.82) is 0 Å². The highest BCUT2D eigenvalue weighted by Crippen LogP contribution is 2.32. The number of carbonyl (C=O) groups is 2. The van der Waals surface area contributed by atoms with Gasteiger partial charge in [-0.3, -0.25) is 4.98 Å². The summed E-state index contributed by atoms with van der Waals surface area (Å²) in [6.07, 6.45) is 1.56. The molecular weight excluding hydrogens is 276 g/mol. The number of ether oxygens (including phenoxy) is 3. The molecule has 0 bridgehead atoms. The zero-order valence-corrected chi connectivity index (χ0v) is 11.6. The van der Waals surface area contributed by atoms with Crippen LogP contribution in [-0.2, 0) is 14.3 Å². The van der Waals surface area contributed by atoms with E-state index < -0.39 is 11.9 Å². The van der Waals surface area contributed by atoms with Crippen LogP contribution < -0.4 is 10.5 Å². The third-order valence-corrected chi connectivity index (χ3v) is 2.88. The van der Waals surface area contributed by atoms with E-state index in [1.807, 2.05) is 0 Å². The maximum atomic E-state index is 11.8. The molecule has 7 heteroatoms. The number of aromatic nitrogens is 1. The lowest BCUT2D eigenvalue weighted by atomic mass is 10.1. The van der Waals surface area contributed by atoms with Crippen LogP contribution in [0.15, 0.2) is 24.4 Å². The van der Waals surface area contributed by atoms with E-state index in [1.165, 1.54) is 20.3 Å². The Kier molecular flexibility index (Phi) is 4.22. The van der Waals surface area contributed by atoms with E-state index in [0.717, 1.165) is 0 Å². The average Bonchev–Trinajstić information content (AvgIpc) is 2.53. The van der Waals surface area contributed by atoms with Crippen molar-refractivity contribution in [3.8, 4) is 5.75 Å². The van der Waals surface area contributed by atoms with E-state index >= 15 is 0 Å². The Morgan fingerprint density at radius 3 is 2.71 bits per heavy atom. The SMILES string of the molecule is COC(=O)COc1cc(C(=O)OC)c(N)c2cccnc12. The summed E-state index contributed by atoms with van der Waals surface area (Å²) in [4.78, 5) is 27.1. The van der Waals surface area contributed by atoms with Gasteiger partial charge in [-0.05, 0) is 18.2 Å². The largest absolute Gasteiger partial charge is 0.480 e. The summed E-state index contributed by atoms with van der Waals surface area (Å²) in [5.41, 5.74) is 6.81. The average molecular weight is 290 g/mol. The van der Waals surface area contributed by atoms with Gasteiger partial charge in [0, 0.05) is 11.6 Å². The molecule has 1 aromatic carbocycles. The predicted molar refractivity (Wildman–Crippen MR) is 75.0 cm³/mol. The molecule has 0 spiro atoms. The molecule has 0 saturated heterocycles. The molecule has 0 amide bonds. The molecular formula is C14H14N2O5. The fourth-order valence-electron chi connectivity index (χ4n) is 1.83. The lowest BCUT2D eigenvalue weighted by Crippen LogP contribution is -2.14. The minimum atomic E-state index is -0.596. The van der Waals surface area contributed by atoms with Gasteiger partial charge in [-0.25, -0.2) is 9.59 Å². The number of carbonyl (C=O) groups excluding carboxylic acids is 2. The van der Waals surface area contributed by atoms with Crippen LogP contribution in [0.5, 0.6) is 5.75 Å². The Balaban J connectivity index is 2.54. The zero-order chi connectivity index (χ0) is 15.4. The van der Waals surface area contributed by atoms with Gasteiger partial charge in [0.05, 0.1) is 25.5 Å². The Hall–Kier alpha value is -2.83. The molecule has 0 aliphatic carbocycles. The predicted octanol–water partition coefficient (Wildman–Crippen LogP) is 1.16. The maximum absolute atomic E-state index is 11.8. The summed E-state index contributed by atoms with van der Waals surface area (Å²) in [6, 6.07) is 4.79. The quantitative estimate of drug-likeness (QED) is 0.666. The Morgan fingerprint density at radius 1 is 1.29 bits per heavy atom. The maximum Gasteiger partial charge on any atom is 0.343 e. The van der Waals surface area contributed by atoms with E-state index in [9.17, 15) is 9.59 Å². The number of esters is 2. The minimum Gasteiger partial charge on any atom is -0.480 e. The number of methoxy groups -OCH3 is 2. The van der Waals surface area contributed by atoms with E-state index in [0.29, 0.717) is 10.9 Å². The summed E-state index contributed by atoms with van der Waals surface area (Å²) >= 11 is 0. The van der Waals surface area contributed by atoms with Gasteiger partial charge in [0.25, 0.3) is 0 Å². The van der Waals surface area contributed by atoms with E-state index in [4.69, 9.17) is 10.5 Å². The van der Waals surface area contributed by atoms with Crippen molar-refractivity contribution < 1.29 is 23.8 Å². The summed E-state index contributed by atoms with van der Waals surface area (Å²) in [7, 11) is 2.51. The van der Waals surface area contributed by atoms with Crippen molar-refractivity contribution in [1.82, 2.24) is 4.98 Å². The topological polar surface area (TPSA) is 101 Å². The van der Waals surface area contributed by atoms with Crippen LogP contribution >= 0.6 is 0 Å². The second-order valence-electron chi connectivity index (χ2n) is 4.09. The highest BCUT2D eigenvalue weighted by Gasteiger charge is 2.18. The summed E-state index contributed by atoms with van der Waals surface area (Å²) in [6.45, 7) is -0.299. The second kappa shape index (κ2) is 6.08. The number of pyridine rings is 1. The van der Waals surface area contributed by atoms with Crippen LogP contribution in [0.25, 0.3) is 10.9 Å². The zero-order valence-electron chi connectivity index (χ0n) is 11.6. The first kappa shape index (κ1) is 14.6. The van der Waals surface area contributed by atoms with Gasteiger partial charge >= 0.3 is 11.9 Å². The number of nitrogens with zero attached hydrogens (tertiary/aromatic N) is 1. The number of rotatable bonds is 4. The number of benzene rings is 1. The number of hydrogen-bond donors (Lipinski definition) is 1. The third kappa shape index (κ3) is 2.86. The smallest absolute Gasteiger partial charge is 0.343 e. The fourth-order valence-corrected chi connectivity index (χ4v) is 1.83. The minimum absolute atomic E-state index is 0.151. The van der Waals surface area contributed by atoms with Gasteiger partial charge in [0.2, 0.25) is 0 Å². The van der Waals surface area contributed by atoms with Gasteiger partial charge in [-0.1, -0.05) is 0 Å². The first-order chi connectivity index (χ1) is 10.1. The lowest BCUT2D eigenvalue weighted by Gasteiger charge is -2.12. The van der Waals surface area contributed by atoms with Crippen LogP contribution in [-0.4, -0.2) is 37.7 Å². The van der Waals surface area contributed by atoms with Gasteiger partial charge in [0.15, 0.2) is 6.61 Å². The molecule has 0 aliphatic rings. The van der Waals surface area contributed by atoms with Gasteiger partial charge < -0.3 is 19.9 Å². The van der Waals surface area contributed by atoms with Crippen LogP contribution in [0, 0.1) is 0 Å². The molecule has 2 N–H and O–H groups in total. The van der Waals surface area contributed by atoms with Crippen LogP contribution in [0.2, 0.25) is 0 Å². The number of hydrogen-bond acceptors (Lipinski definition) is 7. The molecule has 0 radical (unpaired) electrons. The van der Waals surface area contributed by atoms with Crippen molar-refractivity contribution in [3.05, 3.63) is 30.0 Å². The second-order valence-corrected chi connectivity index (χ2v) is 4.09. The van der Waals surface area contributed by atoms with Crippen molar-refractivity contribution in [3.63, 3.8) is 0 Å². The fraction of sp³-hybridized carbons (Fsp3) is 0.214. The number of nitrogen functional groups attached to an aromatic ring is 1. The van der Waals surface area contributed by atoms with Crippen LogP contribution in [0.3, 0.4) is 0 Å². The number of nitrogens with two attached hydrogens (primary N) is 1. The molecule has 7 nitrogen and oxygen atoms in total. The number of fused-ring (bicyclic) bond motifs is 1. The molecule has 21 heavy (non-hydrogen) atoms. The van der Waals surface area contributed by atoms with E-state index in [1.54, 1.807) is 18.3 Å². The lowest BCUT2D eigenvalue weighted by molar-refractivity contribution is -0.142. The highest BCUT2D eigenvalue weighted by atomic mass is 16.6. The molecule has 0 fully saturated rings. The standard InChI is InChI=1S/C14H14N2O5/c1-19-11(17)7-21-10-6-9(14(18)20-2)12(15)8-4-3-5-16-13(8)10/h3-6H,7,15H2,1-2H3. The van der Waals surface area contributed by atoms with Crippen molar-refractivity contribution in [2.75, 3.05) is 26.6 Å². The molecule has 2 aromatic rings. The van der Waals surface area contributed by atoms with Crippen molar-refractivity contribution in [2.24, 2.45) is 0 Å². The first-order valence-corrected chi connectivity index (χ1v) is 6.03. The molecule has 1 aromatic heterocycles. The Bertz CT molecular complexity index is 699. The first-order valence-electron chi connectivity index (χ1n) is 6.03. The van der Waals surface area contributed by atoms with Crippen molar-refractivity contribution in [2.45, 2.75) is 0 Å². The highest BCUT2D eigenvalue weighted by molar-refractivity contribution is 6.06. The monoisotopic (exact) mass is 290 g/mol. The molecule has 2 rings (SSSR count). The summed E-state index contributed by atoms with van der Waals surface area (Å²) < 4.78 is 14.5. The molecule has 1 heterocycles. The molecule has 110 valence electrons. The van der Waals surface area contributed by atoms with Gasteiger partial charge in [0.1, 0.15) is 11.3 Å². The van der Waals surface area contributed by atoms with Crippen LogP contribution in [0.1, 0.15) is 10.4 Å². The Labute approximate surface area is 120 Å². The normalized spacial score (nSPS) is 10.2. The molecule has 0 unspecified atom stereocenters. The molecule has 0 atom stereocenters. The summed E-state index contributed by atoms with van der Waals surface area (Å²) in [5.74, 6) is -0.887.